The molecule has 20 heavy (non-hydrogen) atoms. The van der Waals surface area contributed by atoms with Crippen LogP contribution in [0.4, 0.5) is 5.69 Å². The van der Waals surface area contributed by atoms with Crippen molar-refractivity contribution in [1.82, 2.24) is 5.32 Å². The molecule has 1 aliphatic rings. The summed E-state index contributed by atoms with van der Waals surface area (Å²) in [5.41, 5.74) is 3.28. The van der Waals surface area contributed by atoms with Gasteiger partial charge in [-0.2, -0.15) is 0 Å². The lowest BCUT2D eigenvalue weighted by atomic mass is 9.89. The summed E-state index contributed by atoms with van der Waals surface area (Å²) >= 11 is 0. The minimum absolute atomic E-state index is 0.0456. The van der Waals surface area contributed by atoms with Gasteiger partial charge < -0.3 is 10.6 Å². The zero-order valence-corrected chi connectivity index (χ0v) is 12.9. The summed E-state index contributed by atoms with van der Waals surface area (Å²) in [7, 11) is 0. The molecule has 1 aliphatic carbocycles. The standard InChI is InChI=1S/C17H26N2O/c1-4-18-15-8-7-14(11-13(15)2)16(20)19-12-17(3)9-5-6-10-17/h7-8,11,18H,4-6,9-10,12H2,1-3H3,(H,19,20). The first-order valence-electron chi connectivity index (χ1n) is 7.67. The van der Waals surface area contributed by atoms with Crippen molar-refractivity contribution in [2.75, 3.05) is 18.4 Å². The Morgan fingerprint density at radius 2 is 2.00 bits per heavy atom. The molecule has 1 aromatic rings. The van der Waals surface area contributed by atoms with E-state index in [4.69, 9.17) is 0 Å². The Labute approximate surface area is 122 Å². The van der Waals surface area contributed by atoms with Crippen LogP contribution in [-0.4, -0.2) is 19.0 Å². The smallest absolute Gasteiger partial charge is 0.251 e. The molecular formula is C17H26N2O. The Bertz CT molecular complexity index is 476. The van der Waals surface area contributed by atoms with Gasteiger partial charge in [0.2, 0.25) is 0 Å². The molecule has 0 spiro atoms. The van der Waals surface area contributed by atoms with E-state index in [0.717, 1.165) is 29.9 Å². The monoisotopic (exact) mass is 274 g/mol. The maximum absolute atomic E-state index is 12.2. The van der Waals surface area contributed by atoms with Crippen LogP contribution in [0.5, 0.6) is 0 Å². The predicted octanol–water partition coefficient (Wildman–Crippen LogP) is 3.74. The van der Waals surface area contributed by atoms with Crippen molar-refractivity contribution in [1.29, 1.82) is 0 Å². The number of rotatable bonds is 5. The first-order valence-corrected chi connectivity index (χ1v) is 7.67. The Morgan fingerprint density at radius 1 is 1.30 bits per heavy atom. The Morgan fingerprint density at radius 3 is 2.60 bits per heavy atom. The predicted molar refractivity (Wildman–Crippen MR) is 84.3 cm³/mol. The fraction of sp³-hybridized carbons (Fsp3) is 0.588. The molecule has 0 unspecified atom stereocenters. The van der Waals surface area contributed by atoms with Crippen molar-refractivity contribution in [3.8, 4) is 0 Å². The van der Waals surface area contributed by atoms with E-state index < -0.39 is 0 Å². The molecule has 0 aliphatic heterocycles. The lowest BCUT2D eigenvalue weighted by Crippen LogP contribution is -2.34. The van der Waals surface area contributed by atoms with Crippen LogP contribution in [0.25, 0.3) is 0 Å². The Hall–Kier alpha value is -1.51. The van der Waals surface area contributed by atoms with Crippen LogP contribution in [0.1, 0.15) is 55.5 Å². The highest BCUT2D eigenvalue weighted by molar-refractivity contribution is 5.94. The van der Waals surface area contributed by atoms with Gasteiger partial charge in [0.25, 0.3) is 5.91 Å². The topological polar surface area (TPSA) is 41.1 Å². The number of hydrogen-bond acceptors (Lipinski definition) is 2. The van der Waals surface area contributed by atoms with E-state index in [-0.39, 0.29) is 5.91 Å². The van der Waals surface area contributed by atoms with Crippen LogP contribution in [-0.2, 0) is 0 Å². The second-order valence-electron chi connectivity index (χ2n) is 6.26. The summed E-state index contributed by atoms with van der Waals surface area (Å²) in [5.74, 6) is 0.0456. The summed E-state index contributed by atoms with van der Waals surface area (Å²) in [6.45, 7) is 8.07. The largest absolute Gasteiger partial charge is 0.385 e. The third-order valence-corrected chi connectivity index (χ3v) is 4.34. The number of anilines is 1. The summed E-state index contributed by atoms with van der Waals surface area (Å²) in [6.07, 6.45) is 5.04. The third kappa shape index (κ3) is 3.53. The number of carbonyl (C=O) groups excluding carboxylic acids is 1. The van der Waals surface area contributed by atoms with Crippen LogP contribution in [0, 0.1) is 12.3 Å². The van der Waals surface area contributed by atoms with E-state index in [1.54, 1.807) is 0 Å². The van der Waals surface area contributed by atoms with Gasteiger partial charge in [-0.1, -0.05) is 19.8 Å². The highest BCUT2D eigenvalue weighted by Gasteiger charge is 2.28. The van der Waals surface area contributed by atoms with Crippen molar-refractivity contribution >= 4 is 11.6 Å². The van der Waals surface area contributed by atoms with Gasteiger partial charge >= 0.3 is 0 Å². The molecule has 110 valence electrons. The number of nitrogens with one attached hydrogen (secondary N) is 2. The van der Waals surface area contributed by atoms with Crippen molar-refractivity contribution in [3.63, 3.8) is 0 Å². The van der Waals surface area contributed by atoms with Crippen LogP contribution < -0.4 is 10.6 Å². The average Bonchev–Trinajstić information content (AvgIpc) is 2.86. The van der Waals surface area contributed by atoms with Crippen molar-refractivity contribution in [3.05, 3.63) is 29.3 Å². The number of hydrogen-bond donors (Lipinski definition) is 2. The zero-order chi connectivity index (χ0) is 14.6. The molecular weight excluding hydrogens is 248 g/mol. The molecule has 0 atom stereocenters. The van der Waals surface area contributed by atoms with Gasteiger partial charge in [-0.25, -0.2) is 0 Å². The molecule has 0 bridgehead atoms. The van der Waals surface area contributed by atoms with Crippen molar-refractivity contribution < 1.29 is 4.79 Å². The minimum Gasteiger partial charge on any atom is -0.385 e. The van der Waals surface area contributed by atoms with Crippen LogP contribution >= 0.6 is 0 Å². The summed E-state index contributed by atoms with van der Waals surface area (Å²) < 4.78 is 0. The second-order valence-corrected chi connectivity index (χ2v) is 6.26. The number of amides is 1. The Kier molecular flexibility index (Phi) is 4.69. The van der Waals surface area contributed by atoms with Crippen molar-refractivity contribution in [2.24, 2.45) is 5.41 Å². The van der Waals surface area contributed by atoms with E-state index in [1.807, 2.05) is 25.1 Å². The van der Waals surface area contributed by atoms with E-state index in [0.29, 0.717) is 5.41 Å². The molecule has 0 aromatic heterocycles. The summed E-state index contributed by atoms with van der Waals surface area (Å²) in [4.78, 5) is 12.2. The van der Waals surface area contributed by atoms with Gasteiger partial charge in [0.15, 0.2) is 0 Å². The molecule has 1 aromatic carbocycles. The zero-order valence-electron chi connectivity index (χ0n) is 12.9. The maximum Gasteiger partial charge on any atom is 0.251 e. The molecule has 3 heteroatoms. The third-order valence-electron chi connectivity index (χ3n) is 4.34. The van der Waals surface area contributed by atoms with Crippen molar-refractivity contribution in [2.45, 2.75) is 46.5 Å². The molecule has 1 amide bonds. The van der Waals surface area contributed by atoms with Gasteiger partial charge in [-0.05, 0) is 55.9 Å². The molecule has 1 saturated carbocycles. The summed E-state index contributed by atoms with van der Waals surface area (Å²) in [6, 6.07) is 5.85. The van der Waals surface area contributed by atoms with Gasteiger partial charge in [0.05, 0.1) is 0 Å². The maximum atomic E-state index is 12.2. The molecule has 0 radical (unpaired) electrons. The summed E-state index contributed by atoms with van der Waals surface area (Å²) in [5, 5.41) is 6.39. The van der Waals surface area contributed by atoms with E-state index in [2.05, 4.69) is 24.5 Å². The van der Waals surface area contributed by atoms with Crippen LogP contribution in [0.3, 0.4) is 0 Å². The molecule has 0 heterocycles. The van der Waals surface area contributed by atoms with Crippen LogP contribution in [0.2, 0.25) is 0 Å². The lowest BCUT2D eigenvalue weighted by molar-refractivity contribution is 0.0934. The average molecular weight is 274 g/mol. The van der Waals surface area contributed by atoms with Gasteiger partial charge in [-0.3, -0.25) is 4.79 Å². The lowest BCUT2D eigenvalue weighted by Gasteiger charge is -2.23. The Balaban J connectivity index is 1.97. The van der Waals surface area contributed by atoms with Gasteiger partial charge in [0.1, 0.15) is 0 Å². The first kappa shape index (κ1) is 14.9. The second kappa shape index (κ2) is 6.29. The fourth-order valence-electron chi connectivity index (χ4n) is 2.99. The number of aryl methyl sites for hydroxylation is 1. The number of carbonyl (C=O) groups is 1. The molecule has 3 nitrogen and oxygen atoms in total. The van der Waals surface area contributed by atoms with Gasteiger partial charge in [0, 0.05) is 24.3 Å². The number of benzene rings is 1. The van der Waals surface area contributed by atoms with E-state index in [1.165, 1.54) is 25.7 Å². The molecule has 0 saturated heterocycles. The molecule has 2 N–H and O–H groups in total. The van der Waals surface area contributed by atoms with Gasteiger partial charge in [-0.15, -0.1) is 0 Å². The quantitative estimate of drug-likeness (QED) is 0.859. The molecule has 2 rings (SSSR count). The normalized spacial score (nSPS) is 16.9. The van der Waals surface area contributed by atoms with Crippen LogP contribution in [0.15, 0.2) is 18.2 Å². The van der Waals surface area contributed by atoms with E-state index in [9.17, 15) is 4.79 Å². The highest BCUT2D eigenvalue weighted by Crippen LogP contribution is 2.36. The minimum atomic E-state index is 0.0456. The van der Waals surface area contributed by atoms with E-state index >= 15 is 0 Å². The molecule has 1 fully saturated rings. The highest BCUT2D eigenvalue weighted by atomic mass is 16.1. The first-order chi connectivity index (χ1) is 9.54. The SMILES string of the molecule is CCNc1ccc(C(=O)NCC2(C)CCCC2)cc1C. The fourth-order valence-corrected chi connectivity index (χ4v) is 2.99.